The van der Waals surface area contributed by atoms with Gasteiger partial charge in [0.1, 0.15) is 18.3 Å². The molecule has 0 aromatic heterocycles. The van der Waals surface area contributed by atoms with Gasteiger partial charge in [0.25, 0.3) is 0 Å². The molecule has 1 aromatic carbocycles. The van der Waals surface area contributed by atoms with Crippen LogP contribution in [-0.2, 0) is 36.8 Å². The van der Waals surface area contributed by atoms with Crippen LogP contribution in [0, 0.1) is 6.65 Å². The Balaban J connectivity index is 0.00000106. The Bertz CT molecular complexity index is 334. The molecule has 0 aliphatic carbocycles. The summed E-state index contributed by atoms with van der Waals surface area (Å²) in [6, 6.07) is 7.33. The van der Waals surface area contributed by atoms with Crippen LogP contribution in [0.4, 0.5) is 0 Å². The molecule has 1 atom stereocenters. The summed E-state index contributed by atoms with van der Waals surface area (Å²) in [4.78, 5) is 4.01. The Kier molecular flexibility index (Phi) is 9.03. The van der Waals surface area contributed by atoms with E-state index < -0.39 is 0 Å². The summed E-state index contributed by atoms with van der Waals surface area (Å²) in [5, 5.41) is 8.22. The fourth-order valence-corrected chi connectivity index (χ4v) is 1.35. The molecule has 4 nitrogen and oxygen atoms in total. The van der Waals surface area contributed by atoms with Crippen LogP contribution in [0.25, 0.3) is 0 Å². The minimum absolute atomic E-state index is 0.128. The Morgan fingerprint density at radius 1 is 1.38 bits per heavy atom. The Morgan fingerprint density at radius 3 is 2.38 bits per heavy atom. The summed E-state index contributed by atoms with van der Waals surface area (Å²) in [5.41, 5.74) is 0.897. The topological polar surface area (TPSA) is 58.6 Å². The average Bonchev–Trinajstić information content (AvgIpc) is 2.31. The first-order valence-corrected chi connectivity index (χ1v) is 6.93. The molecule has 0 fully saturated rings. The van der Waals surface area contributed by atoms with Gasteiger partial charge in [-0.05, 0) is 35.1 Å². The molecule has 1 unspecified atom stereocenters. The molecule has 0 aliphatic rings. The standard InChI is InChI=1S/C9H12O3S2.CO/c1-14(13)7-11-9-4-2-8(3-5-9)6-12-10;1-2/h2-5,10H,6-7H2,1H3;. The van der Waals surface area contributed by atoms with Gasteiger partial charge in [-0.25, -0.2) is 4.89 Å². The van der Waals surface area contributed by atoms with Crippen molar-refractivity contribution in [1.82, 2.24) is 0 Å². The number of rotatable bonds is 5. The molecule has 0 spiro atoms. The van der Waals surface area contributed by atoms with Crippen LogP contribution in [0.2, 0.25) is 0 Å². The fraction of sp³-hybridized carbons (Fsp3) is 0.300. The maximum absolute atomic E-state index is 8.22. The summed E-state index contributed by atoms with van der Waals surface area (Å²) in [6.07, 6.45) is 1.95. The van der Waals surface area contributed by atoms with E-state index in [0.29, 0.717) is 5.94 Å². The second kappa shape index (κ2) is 9.47. The van der Waals surface area contributed by atoms with Gasteiger partial charge in [-0.2, -0.15) is 0 Å². The summed E-state index contributed by atoms with van der Waals surface area (Å²) < 4.78 is 12.9. The molecule has 1 aromatic rings. The molecular formula is C10H12O4S2. The van der Waals surface area contributed by atoms with Crippen molar-refractivity contribution in [2.75, 3.05) is 12.2 Å². The quantitative estimate of drug-likeness (QED) is 0.379. The van der Waals surface area contributed by atoms with Crippen molar-refractivity contribution >= 4 is 20.6 Å². The maximum atomic E-state index is 8.22. The van der Waals surface area contributed by atoms with Gasteiger partial charge < -0.3 is 4.74 Å². The number of hydrogen-bond donors (Lipinski definition) is 1. The number of benzene rings is 1. The summed E-state index contributed by atoms with van der Waals surface area (Å²) >= 11 is 5.00. The molecule has 0 aliphatic heterocycles. The van der Waals surface area contributed by atoms with Crippen LogP contribution in [0.15, 0.2) is 24.3 Å². The van der Waals surface area contributed by atoms with Gasteiger partial charge in [-0.15, -0.1) is 0 Å². The van der Waals surface area contributed by atoms with Crippen LogP contribution < -0.4 is 4.74 Å². The minimum atomic E-state index is -0.128. The number of ether oxygens (including phenoxy) is 1. The van der Waals surface area contributed by atoms with Crippen molar-refractivity contribution in [3.63, 3.8) is 0 Å². The second-order valence-electron chi connectivity index (χ2n) is 2.75. The molecule has 16 heavy (non-hydrogen) atoms. The van der Waals surface area contributed by atoms with E-state index in [4.69, 9.17) is 25.8 Å². The summed E-state index contributed by atoms with van der Waals surface area (Å²) in [5.74, 6) is 1.35. The first kappa shape index (κ1) is 15.2. The zero-order valence-electron chi connectivity index (χ0n) is 8.71. The van der Waals surface area contributed by atoms with Crippen molar-refractivity contribution in [3.05, 3.63) is 36.5 Å². The van der Waals surface area contributed by atoms with Gasteiger partial charge in [-0.1, -0.05) is 21.6 Å². The predicted molar refractivity (Wildman–Crippen MR) is 63.9 cm³/mol. The fourth-order valence-electron chi connectivity index (χ4n) is 0.907. The van der Waals surface area contributed by atoms with Gasteiger partial charge in [0.05, 0.1) is 0 Å². The second-order valence-corrected chi connectivity index (χ2v) is 5.84. The molecule has 0 radical (unpaired) electrons. The van der Waals surface area contributed by atoms with E-state index >= 15 is 0 Å². The Hall–Kier alpha value is -0.750. The number of hydrogen-bond acceptors (Lipinski definition) is 4. The van der Waals surface area contributed by atoms with Crippen molar-refractivity contribution < 1.29 is 19.5 Å². The van der Waals surface area contributed by atoms with Crippen LogP contribution in [0.5, 0.6) is 5.75 Å². The van der Waals surface area contributed by atoms with Crippen LogP contribution in [0.3, 0.4) is 0 Å². The van der Waals surface area contributed by atoms with Gasteiger partial charge in [0.15, 0.2) is 0 Å². The van der Waals surface area contributed by atoms with Gasteiger partial charge in [-0.3, -0.25) is 5.26 Å². The van der Waals surface area contributed by atoms with Crippen LogP contribution in [0.1, 0.15) is 5.56 Å². The van der Waals surface area contributed by atoms with E-state index in [-0.39, 0.29) is 16.1 Å². The third kappa shape index (κ3) is 6.68. The van der Waals surface area contributed by atoms with E-state index in [1.807, 2.05) is 30.5 Å². The zero-order chi connectivity index (χ0) is 12.4. The monoisotopic (exact) mass is 260 g/mol. The molecule has 0 heterocycles. The van der Waals surface area contributed by atoms with Crippen molar-refractivity contribution in [2.45, 2.75) is 6.61 Å². The molecule has 0 saturated heterocycles. The van der Waals surface area contributed by atoms with Crippen LogP contribution in [-0.4, -0.2) is 17.5 Å². The molecular weight excluding hydrogens is 248 g/mol. The summed E-state index contributed by atoms with van der Waals surface area (Å²) in [6.45, 7) is 4.69. The van der Waals surface area contributed by atoms with E-state index in [1.165, 1.54) is 0 Å². The van der Waals surface area contributed by atoms with E-state index in [2.05, 4.69) is 11.5 Å². The third-order valence-electron chi connectivity index (χ3n) is 1.55. The van der Waals surface area contributed by atoms with E-state index in [1.54, 1.807) is 0 Å². The van der Waals surface area contributed by atoms with E-state index in [0.717, 1.165) is 11.3 Å². The van der Waals surface area contributed by atoms with Crippen molar-refractivity contribution in [2.24, 2.45) is 0 Å². The zero-order valence-corrected chi connectivity index (χ0v) is 10.3. The van der Waals surface area contributed by atoms with Crippen LogP contribution >= 0.6 is 0 Å². The summed E-state index contributed by atoms with van der Waals surface area (Å²) in [7, 11) is -0.128. The molecule has 6 heteroatoms. The molecule has 0 amide bonds. The van der Waals surface area contributed by atoms with Crippen molar-refractivity contribution in [3.8, 4) is 5.75 Å². The predicted octanol–water partition coefficient (Wildman–Crippen LogP) is 1.68. The molecule has 88 valence electrons. The Labute approximate surface area is 101 Å². The SMILES string of the molecule is CS(=S)COc1ccc(COO)cc1.[C-]#[O+]. The van der Waals surface area contributed by atoms with Crippen molar-refractivity contribution in [1.29, 1.82) is 0 Å². The van der Waals surface area contributed by atoms with E-state index in [9.17, 15) is 0 Å². The normalized spacial score (nSPS) is 11.0. The molecule has 0 saturated carbocycles. The first-order valence-electron chi connectivity index (χ1n) is 4.21. The molecule has 1 N–H and O–H groups in total. The van der Waals surface area contributed by atoms with Gasteiger partial charge in [0, 0.05) is 0 Å². The first-order chi connectivity index (χ1) is 7.72. The third-order valence-corrected chi connectivity index (χ3v) is 2.28. The molecule has 1 rings (SSSR count). The van der Waals surface area contributed by atoms with Gasteiger partial charge >= 0.3 is 11.3 Å². The average molecular weight is 260 g/mol. The molecule has 0 bridgehead atoms. The Morgan fingerprint density at radius 2 is 1.94 bits per heavy atom. The van der Waals surface area contributed by atoms with Gasteiger partial charge in [0.2, 0.25) is 0 Å².